The quantitative estimate of drug-likeness (QED) is 0.361. The number of piperazine rings is 1. The van der Waals surface area contributed by atoms with Crippen LogP contribution in [0.4, 0.5) is 26.0 Å². The molecule has 2 aromatic carbocycles. The molecule has 6 rings (SSSR count). The van der Waals surface area contributed by atoms with E-state index in [0.717, 1.165) is 11.1 Å². The maximum absolute atomic E-state index is 13.8. The first-order valence-corrected chi connectivity index (χ1v) is 13.0. The van der Waals surface area contributed by atoms with Crippen LogP contribution in [0.2, 0.25) is 0 Å². The molecule has 2 aliphatic heterocycles. The first-order valence-electron chi connectivity index (χ1n) is 13.0. The fourth-order valence-electron chi connectivity index (χ4n) is 5.96. The number of amides is 1. The van der Waals surface area contributed by atoms with E-state index in [2.05, 4.69) is 19.6 Å². The molecule has 0 spiro atoms. The van der Waals surface area contributed by atoms with Gasteiger partial charge in [0.2, 0.25) is 11.4 Å². The second-order valence-electron chi connectivity index (χ2n) is 10.2. The fraction of sp³-hybridized carbons (Fsp3) is 0.267. The molecule has 10 heteroatoms. The molecule has 0 saturated carbocycles. The summed E-state index contributed by atoms with van der Waals surface area (Å²) in [4.78, 5) is 40.7. The smallest absolute Gasteiger partial charge is 0.277 e. The van der Waals surface area contributed by atoms with Gasteiger partial charge in [0, 0.05) is 40.2 Å². The molecule has 1 fully saturated rings. The van der Waals surface area contributed by atoms with Gasteiger partial charge in [0.25, 0.3) is 11.4 Å². The SMILES string of the molecule is [C-]#[N+]c1ccc2c(n1)c1c(c(=O)n2C)N(C)C(=O)CC2CN(C(c3ccc(F)cc3)c3ccc(F)cc3)CCN12. The Bertz CT molecular complexity index is 1680. The molecule has 1 saturated heterocycles. The Labute approximate surface area is 229 Å². The van der Waals surface area contributed by atoms with E-state index < -0.39 is 0 Å². The van der Waals surface area contributed by atoms with Crippen molar-refractivity contribution in [3.8, 4) is 0 Å². The van der Waals surface area contributed by atoms with E-state index in [-0.39, 0.29) is 53.1 Å². The van der Waals surface area contributed by atoms with Crippen LogP contribution < -0.4 is 15.4 Å². The van der Waals surface area contributed by atoms with Crippen LogP contribution in [-0.2, 0) is 11.8 Å². The number of aryl methyl sites for hydroxylation is 1. The third kappa shape index (κ3) is 4.19. The summed E-state index contributed by atoms with van der Waals surface area (Å²) >= 11 is 0. The predicted molar refractivity (Wildman–Crippen MR) is 149 cm³/mol. The topological polar surface area (TPSA) is 66.0 Å². The number of halogens is 2. The van der Waals surface area contributed by atoms with E-state index >= 15 is 0 Å². The lowest BCUT2D eigenvalue weighted by atomic mass is 9.94. The molecule has 2 aliphatic rings. The van der Waals surface area contributed by atoms with Crippen molar-refractivity contribution in [1.29, 1.82) is 0 Å². The standard InChI is InChI=1S/C30H26F2N6O2/c1-33-24-13-12-23-26(34-24)28-29(30(40)35(23)2)36(3)25(39)16-22-17-37(14-15-38(22)28)27(18-4-8-20(31)9-5-18)19-6-10-21(32)11-7-19/h4-13,22,27H,14-17H2,2-3H3. The molecule has 0 aliphatic carbocycles. The van der Waals surface area contributed by atoms with Crippen molar-refractivity contribution in [2.45, 2.75) is 18.5 Å². The number of carbonyl (C=O) groups excluding carboxylic acids is 1. The van der Waals surface area contributed by atoms with Gasteiger partial charge in [-0.05, 0) is 47.5 Å². The molecule has 2 aromatic heterocycles. The molecule has 4 heterocycles. The summed E-state index contributed by atoms with van der Waals surface area (Å²) in [6.07, 6.45) is 0.161. The monoisotopic (exact) mass is 540 g/mol. The van der Waals surface area contributed by atoms with E-state index in [9.17, 15) is 18.4 Å². The number of pyridine rings is 2. The van der Waals surface area contributed by atoms with E-state index in [1.165, 1.54) is 33.7 Å². The Balaban J connectivity index is 1.47. The van der Waals surface area contributed by atoms with Crippen molar-refractivity contribution in [2.75, 3.05) is 36.5 Å². The first kappa shape index (κ1) is 25.6. The summed E-state index contributed by atoms with van der Waals surface area (Å²) in [7, 11) is 3.24. The molecule has 0 N–H and O–H groups in total. The van der Waals surface area contributed by atoms with E-state index in [1.807, 2.05) is 0 Å². The van der Waals surface area contributed by atoms with E-state index in [4.69, 9.17) is 6.57 Å². The van der Waals surface area contributed by atoms with Crippen LogP contribution in [0.5, 0.6) is 0 Å². The number of fused-ring (bicyclic) bond motifs is 5. The number of benzene rings is 2. The molecule has 8 nitrogen and oxygen atoms in total. The highest BCUT2D eigenvalue weighted by molar-refractivity contribution is 6.05. The molecule has 40 heavy (non-hydrogen) atoms. The molecule has 1 atom stereocenters. The Morgan fingerprint density at radius 1 is 0.900 bits per heavy atom. The second-order valence-corrected chi connectivity index (χ2v) is 10.2. The van der Waals surface area contributed by atoms with Crippen molar-refractivity contribution in [3.63, 3.8) is 0 Å². The second kappa shape index (κ2) is 9.84. The Kier molecular flexibility index (Phi) is 6.31. The molecular formula is C30H26F2N6O2. The van der Waals surface area contributed by atoms with Crippen LogP contribution in [0.3, 0.4) is 0 Å². The van der Waals surface area contributed by atoms with Crippen molar-refractivity contribution < 1.29 is 13.6 Å². The molecule has 4 aromatic rings. The normalized spacial score (nSPS) is 17.5. The minimum absolute atomic E-state index is 0.161. The van der Waals surface area contributed by atoms with Gasteiger partial charge in [-0.3, -0.25) is 14.5 Å². The molecule has 0 bridgehead atoms. The number of hydrogen-bond donors (Lipinski definition) is 0. The highest BCUT2D eigenvalue weighted by Crippen LogP contribution is 2.40. The summed E-state index contributed by atoms with van der Waals surface area (Å²) in [5.41, 5.74) is 3.27. The maximum atomic E-state index is 13.8. The van der Waals surface area contributed by atoms with Crippen LogP contribution in [0.25, 0.3) is 15.9 Å². The number of carbonyl (C=O) groups is 1. The first-order chi connectivity index (χ1) is 19.3. The summed E-state index contributed by atoms with van der Waals surface area (Å²) in [6.45, 7) is 8.96. The zero-order valence-corrected chi connectivity index (χ0v) is 22.0. The molecule has 202 valence electrons. The highest BCUT2D eigenvalue weighted by Gasteiger charge is 2.41. The van der Waals surface area contributed by atoms with Gasteiger partial charge >= 0.3 is 0 Å². The van der Waals surface area contributed by atoms with E-state index in [0.29, 0.717) is 36.4 Å². The lowest BCUT2D eigenvalue weighted by Gasteiger charge is -2.45. The summed E-state index contributed by atoms with van der Waals surface area (Å²) in [5.74, 6) is -0.691. The average molecular weight is 541 g/mol. The van der Waals surface area contributed by atoms with E-state index in [1.54, 1.807) is 50.5 Å². The highest BCUT2D eigenvalue weighted by atomic mass is 19.1. The largest absolute Gasteiger partial charge is 0.361 e. The Morgan fingerprint density at radius 3 is 2.12 bits per heavy atom. The lowest BCUT2D eigenvalue weighted by molar-refractivity contribution is -0.118. The summed E-state index contributed by atoms with van der Waals surface area (Å²) in [6, 6.07) is 15.2. The minimum Gasteiger partial charge on any atom is -0.361 e. The lowest BCUT2D eigenvalue weighted by Crippen LogP contribution is -2.54. The zero-order chi connectivity index (χ0) is 28.1. The molecule has 1 amide bonds. The fourth-order valence-corrected chi connectivity index (χ4v) is 5.96. The summed E-state index contributed by atoms with van der Waals surface area (Å²) in [5, 5.41) is 0. The predicted octanol–water partition coefficient (Wildman–Crippen LogP) is 4.41. The van der Waals surface area contributed by atoms with Gasteiger partial charge in [0.1, 0.15) is 23.0 Å². The molecule has 1 unspecified atom stereocenters. The zero-order valence-electron chi connectivity index (χ0n) is 22.0. The van der Waals surface area contributed by atoms with Crippen molar-refractivity contribution in [1.82, 2.24) is 14.5 Å². The van der Waals surface area contributed by atoms with Crippen molar-refractivity contribution in [3.05, 3.63) is 105 Å². The molecular weight excluding hydrogens is 514 g/mol. The Morgan fingerprint density at radius 2 is 1.52 bits per heavy atom. The third-order valence-corrected chi connectivity index (χ3v) is 7.95. The van der Waals surface area contributed by atoms with Gasteiger partial charge in [-0.1, -0.05) is 30.8 Å². The minimum atomic E-state index is -0.347. The molecule has 0 radical (unpaired) electrons. The van der Waals surface area contributed by atoms with Gasteiger partial charge in [-0.2, -0.15) is 0 Å². The van der Waals surface area contributed by atoms with Crippen LogP contribution in [0.1, 0.15) is 23.6 Å². The van der Waals surface area contributed by atoms with Gasteiger partial charge in [0.05, 0.1) is 17.6 Å². The van der Waals surface area contributed by atoms with Crippen molar-refractivity contribution in [2.24, 2.45) is 7.05 Å². The van der Waals surface area contributed by atoms with Crippen LogP contribution in [0.15, 0.2) is 65.5 Å². The Hall–Kier alpha value is -4.62. The number of aromatic nitrogens is 2. The number of nitrogens with zero attached hydrogens (tertiary/aromatic N) is 6. The number of hydrogen-bond acceptors (Lipinski definition) is 5. The van der Waals surface area contributed by atoms with Gasteiger partial charge in [-0.25, -0.2) is 8.78 Å². The number of anilines is 2. The summed E-state index contributed by atoms with van der Waals surface area (Å²) < 4.78 is 29.1. The van der Waals surface area contributed by atoms with Crippen LogP contribution in [-0.4, -0.2) is 53.1 Å². The average Bonchev–Trinajstić information content (AvgIpc) is 3.07. The van der Waals surface area contributed by atoms with Crippen LogP contribution in [0, 0.1) is 18.2 Å². The number of rotatable bonds is 3. The van der Waals surface area contributed by atoms with Gasteiger partial charge in [-0.15, -0.1) is 4.98 Å². The maximum Gasteiger partial charge on any atom is 0.277 e. The third-order valence-electron chi connectivity index (χ3n) is 7.95. The van der Waals surface area contributed by atoms with Crippen molar-refractivity contribution >= 4 is 34.1 Å². The van der Waals surface area contributed by atoms with Gasteiger partial charge < -0.3 is 19.2 Å². The van der Waals surface area contributed by atoms with Crippen LogP contribution >= 0.6 is 0 Å². The van der Waals surface area contributed by atoms with Gasteiger partial charge in [0.15, 0.2) is 0 Å².